The quantitative estimate of drug-likeness (QED) is 0.237. The van der Waals surface area contributed by atoms with Gasteiger partial charge in [0, 0.05) is 12.5 Å². The van der Waals surface area contributed by atoms with Gasteiger partial charge in [0.1, 0.15) is 6.10 Å². The Morgan fingerprint density at radius 1 is 1.03 bits per heavy atom. The Hall–Kier alpha value is -1.66. The van der Waals surface area contributed by atoms with Crippen molar-refractivity contribution in [2.24, 2.45) is 39.9 Å². The Kier molecular flexibility index (Phi) is 8.52. The molecule has 39 heavy (non-hydrogen) atoms. The molecular formula is C33H52O6. The summed E-state index contributed by atoms with van der Waals surface area (Å²) in [7, 11) is 0. The number of rotatable bonds is 6. The molecule has 0 aromatic heterocycles. The van der Waals surface area contributed by atoms with Crippen molar-refractivity contribution in [2.75, 3.05) is 6.61 Å². The molecule has 4 saturated carbocycles. The molecule has 4 rings (SSSR count). The molecule has 0 aromatic rings. The minimum Gasteiger partial charge on any atom is -0.463 e. The lowest BCUT2D eigenvalue weighted by molar-refractivity contribution is -0.234. The highest BCUT2D eigenvalue weighted by atomic mass is 16.5. The van der Waals surface area contributed by atoms with Crippen LogP contribution in [0.1, 0.15) is 107 Å². The minimum absolute atomic E-state index is 0.0732. The summed E-state index contributed by atoms with van der Waals surface area (Å²) in [6, 6.07) is 0. The minimum atomic E-state index is -0.532. The van der Waals surface area contributed by atoms with Crippen LogP contribution in [0.25, 0.3) is 0 Å². The summed E-state index contributed by atoms with van der Waals surface area (Å²) in [6.45, 7) is 16.8. The van der Waals surface area contributed by atoms with Crippen molar-refractivity contribution in [3.63, 3.8) is 0 Å². The maximum absolute atomic E-state index is 13.4. The maximum atomic E-state index is 13.4. The number of ether oxygens (including phenoxy) is 2. The molecule has 0 aromatic carbocycles. The van der Waals surface area contributed by atoms with Crippen LogP contribution in [0.4, 0.5) is 0 Å². The molecule has 4 aliphatic carbocycles. The number of aliphatic hydroxyl groups excluding tert-OH is 2. The number of fused-ring (bicyclic) bond motifs is 5. The van der Waals surface area contributed by atoms with Crippen molar-refractivity contribution in [3.8, 4) is 0 Å². The molecule has 4 aliphatic rings. The molecular weight excluding hydrogens is 492 g/mol. The van der Waals surface area contributed by atoms with Crippen LogP contribution in [0.5, 0.6) is 0 Å². The van der Waals surface area contributed by atoms with E-state index in [4.69, 9.17) is 9.47 Å². The second kappa shape index (κ2) is 11.0. The largest absolute Gasteiger partial charge is 0.463 e. The Morgan fingerprint density at radius 2 is 1.72 bits per heavy atom. The first-order chi connectivity index (χ1) is 18.2. The number of aliphatic hydroxyl groups is 2. The molecule has 0 amide bonds. The van der Waals surface area contributed by atoms with Gasteiger partial charge in [0.15, 0.2) is 0 Å². The fraction of sp³-hybridized carbons (Fsp3) is 0.818. The molecule has 220 valence electrons. The average Bonchev–Trinajstić information content (AvgIpc) is 3.11. The van der Waals surface area contributed by atoms with E-state index in [2.05, 4.69) is 33.8 Å². The summed E-state index contributed by atoms with van der Waals surface area (Å²) >= 11 is 0. The Morgan fingerprint density at radius 3 is 2.33 bits per heavy atom. The third-order valence-electron chi connectivity index (χ3n) is 11.8. The van der Waals surface area contributed by atoms with Gasteiger partial charge >= 0.3 is 11.9 Å². The predicted octanol–water partition coefficient (Wildman–Crippen LogP) is 6.14. The number of hydrogen-bond donors (Lipinski definition) is 2. The van der Waals surface area contributed by atoms with Gasteiger partial charge in [0.25, 0.3) is 0 Å². The molecule has 6 heteroatoms. The third kappa shape index (κ3) is 4.92. The summed E-state index contributed by atoms with van der Waals surface area (Å²) in [5.74, 6) is -0.0906. The Balaban J connectivity index is 1.84. The van der Waals surface area contributed by atoms with E-state index in [1.54, 1.807) is 0 Å². The Bertz CT molecular complexity index is 1030. The van der Waals surface area contributed by atoms with Gasteiger partial charge in [-0.15, -0.1) is 0 Å². The molecule has 2 N–H and O–H groups in total. The number of carbonyl (C=O) groups excluding carboxylic acids is 2. The monoisotopic (exact) mass is 544 g/mol. The zero-order valence-electron chi connectivity index (χ0n) is 25.5. The van der Waals surface area contributed by atoms with Gasteiger partial charge in [0.05, 0.1) is 18.8 Å². The van der Waals surface area contributed by atoms with Crippen LogP contribution in [0.15, 0.2) is 22.8 Å². The summed E-state index contributed by atoms with van der Waals surface area (Å²) in [4.78, 5) is 25.8. The van der Waals surface area contributed by atoms with Gasteiger partial charge in [0.2, 0.25) is 0 Å². The van der Waals surface area contributed by atoms with E-state index < -0.39 is 12.2 Å². The molecule has 0 spiro atoms. The van der Waals surface area contributed by atoms with Gasteiger partial charge < -0.3 is 19.7 Å². The van der Waals surface area contributed by atoms with E-state index in [1.807, 2.05) is 20.8 Å². The van der Waals surface area contributed by atoms with Crippen LogP contribution in [-0.4, -0.2) is 47.1 Å². The van der Waals surface area contributed by atoms with Gasteiger partial charge in [-0.05, 0) is 118 Å². The van der Waals surface area contributed by atoms with E-state index in [1.165, 1.54) is 12.5 Å². The second-order valence-electron chi connectivity index (χ2n) is 14.1. The van der Waals surface area contributed by atoms with E-state index in [9.17, 15) is 19.8 Å². The van der Waals surface area contributed by atoms with Crippen LogP contribution < -0.4 is 0 Å². The number of carbonyl (C=O) groups is 2. The average molecular weight is 545 g/mol. The smallest absolute Gasteiger partial charge is 0.334 e. The van der Waals surface area contributed by atoms with Crippen molar-refractivity contribution >= 4 is 11.9 Å². The molecule has 0 bridgehead atoms. The van der Waals surface area contributed by atoms with Gasteiger partial charge in [-0.2, -0.15) is 0 Å². The summed E-state index contributed by atoms with van der Waals surface area (Å²) in [6.07, 6.45) is 6.89. The highest BCUT2D eigenvalue weighted by Gasteiger charge is 2.70. The van der Waals surface area contributed by atoms with Crippen LogP contribution in [0, 0.1) is 39.9 Å². The zero-order valence-corrected chi connectivity index (χ0v) is 25.5. The Labute approximate surface area is 235 Å². The lowest BCUT2D eigenvalue weighted by atomic mass is 9.36. The van der Waals surface area contributed by atoms with Crippen molar-refractivity contribution in [1.82, 2.24) is 0 Å². The first kappa shape index (κ1) is 30.3. The van der Waals surface area contributed by atoms with Crippen LogP contribution in [-0.2, 0) is 19.1 Å². The maximum Gasteiger partial charge on any atom is 0.334 e. The van der Waals surface area contributed by atoms with Crippen LogP contribution >= 0.6 is 0 Å². The molecule has 6 nitrogen and oxygen atoms in total. The molecule has 0 heterocycles. The fourth-order valence-electron chi connectivity index (χ4n) is 10.00. The summed E-state index contributed by atoms with van der Waals surface area (Å²) in [5.41, 5.74) is 2.16. The van der Waals surface area contributed by atoms with E-state index in [0.29, 0.717) is 37.2 Å². The standard InChI is InChI=1S/C33H52O6/c1-9-38-30(37)22(12-10-11-19(2)3)28-24-17-26(36)29-31(6)15-14-25(35)20(4)23(31)13-16-32(29,7)33(24,8)18-27(28)39-21(5)34/h11,20,23-27,29,35-36H,9-10,12-18H2,1-8H3/b28-22-/t20-,23-,24-,25+,26+,27-,29-,31-,32-,33-/m0/s1. The van der Waals surface area contributed by atoms with Crippen molar-refractivity contribution in [3.05, 3.63) is 22.8 Å². The second-order valence-corrected chi connectivity index (χ2v) is 14.1. The van der Waals surface area contributed by atoms with Crippen molar-refractivity contribution in [2.45, 2.75) is 125 Å². The van der Waals surface area contributed by atoms with E-state index in [-0.39, 0.29) is 58.6 Å². The van der Waals surface area contributed by atoms with Gasteiger partial charge in [-0.1, -0.05) is 39.3 Å². The predicted molar refractivity (Wildman–Crippen MR) is 152 cm³/mol. The lowest BCUT2D eigenvalue weighted by Crippen LogP contribution is -2.65. The normalized spacial score (nSPS) is 44.4. The lowest BCUT2D eigenvalue weighted by Gasteiger charge is -2.69. The number of allylic oxidation sites excluding steroid dienone is 2. The fourth-order valence-corrected chi connectivity index (χ4v) is 10.00. The highest BCUT2D eigenvalue weighted by Crippen LogP contribution is 2.74. The third-order valence-corrected chi connectivity index (χ3v) is 11.8. The van der Waals surface area contributed by atoms with E-state index in [0.717, 1.165) is 31.3 Å². The summed E-state index contributed by atoms with van der Waals surface area (Å²) < 4.78 is 11.6. The van der Waals surface area contributed by atoms with E-state index >= 15 is 0 Å². The van der Waals surface area contributed by atoms with Gasteiger partial charge in [-0.25, -0.2) is 4.79 Å². The van der Waals surface area contributed by atoms with Crippen LogP contribution in [0.2, 0.25) is 0 Å². The molecule has 0 unspecified atom stereocenters. The molecule has 0 aliphatic heterocycles. The first-order valence-corrected chi connectivity index (χ1v) is 15.3. The molecule has 0 radical (unpaired) electrons. The first-order valence-electron chi connectivity index (χ1n) is 15.3. The SMILES string of the molecule is CCOC(=O)/C(CCC=C(C)C)=C1\[C@@H](OC(C)=O)C[C@@]2(C)[C@H]1C[C@@H](O)[C@H]1[C@@]3(C)CC[C@@H](O)[C@@H](C)[C@@H]3CC[C@@]12C. The van der Waals surface area contributed by atoms with Crippen LogP contribution in [0.3, 0.4) is 0 Å². The highest BCUT2D eigenvalue weighted by molar-refractivity contribution is 5.90. The molecule has 4 fully saturated rings. The molecule has 10 atom stereocenters. The number of esters is 2. The van der Waals surface area contributed by atoms with Crippen molar-refractivity contribution < 1.29 is 29.3 Å². The topological polar surface area (TPSA) is 93.1 Å². The zero-order chi connectivity index (χ0) is 28.9. The number of hydrogen-bond acceptors (Lipinski definition) is 6. The van der Waals surface area contributed by atoms with Gasteiger partial charge in [-0.3, -0.25) is 4.79 Å². The van der Waals surface area contributed by atoms with Crippen molar-refractivity contribution in [1.29, 1.82) is 0 Å². The summed E-state index contributed by atoms with van der Waals surface area (Å²) in [5, 5.41) is 22.7. The molecule has 0 saturated heterocycles.